The van der Waals surface area contributed by atoms with Gasteiger partial charge >= 0.3 is 6.18 Å². The van der Waals surface area contributed by atoms with Gasteiger partial charge in [0, 0.05) is 11.0 Å². The first-order chi connectivity index (χ1) is 7.99. The number of ether oxygens (including phenoxy) is 1. The third-order valence-electron chi connectivity index (χ3n) is 1.96. The van der Waals surface area contributed by atoms with Gasteiger partial charge in [0.05, 0.1) is 19.8 Å². The maximum Gasteiger partial charge on any atom is 0.401 e. The van der Waals surface area contributed by atoms with E-state index in [9.17, 15) is 13.2 Å². The molecule has 0 atom stereocenters. The van der Waals surface area contributed by atoms with Gasteiger partial charge in [0.15, 0.2) is 0 Å². The van der Waals surface area contributed by atoms with Gasteiger partial charge in [-0.05, 0) is 11.6 Å². The number of hydrogen-bond acceptors (Lipinski definition) is 2. The van der Waals surface area contributed by atoms with E-state index in [-0.39, 0.29) is 13.2 Å². The van der Waals surface area contributed by atoms with Crippen LogP contribution in [0.5, 0.6) is 0 Å². The van der Waals surface area contributed by atoms with Crippen molar-refractivity contribution in [1.82, 2.24) is 5.32 Å². The van der Waals surface area contributed by atoms with Crippen LogP contribution in [0.4, 0.5) is 13.2 Å². The Bertz CT molecular complexity index is 344. The molecule has 0 radical (unpaired) electrons. The number of alkyl halides is 3. The molecule has 0 aliphatic carbocycles. The second-order valence-electron chi connectivity index (χ2n) is 3.44. The van der Waals surface area contributed by atoms with E-state index in [1.807, 2.05) is 24.3 Å². The Hall–Kier alpha value is -0.590. The Labute approximate surface area is 106 Å². The van der Waals surface area contributed by atoms with E-state index in [4.69, 9.17) is 4.74 Å². The van der Waals surface area contributed by atoms with E-state index < -0.39 is 12.7 Å². The first kappa shape index (κ1) is 14.5. The fourth-order valence-electron chi connectivity index (χ4n) is 1.17. The molecule has 2 nitrogen and oxygen atoms in total. The summed E-state index contributed by atoms with van der Waals surface area (Å²) in [6.45, 7) is -0.165. The number of hydrogen-bond donors (Lipinski definition) is 1. The highest BCUT2D eigenvalue weighted by molar-refractivity contribution is 9.10. The predicted octanol–water partition coefficient (Wildman–Crippen LogP) is 3.12. The Morgan fingerprint density at radius 1 is 1.24 bits per heavy atom. The summed E-state index contributed by atoms with van der Waals surface area (Å²) in [7, 11) is 0. The minimum Gasteiger partial charge on any atom is -0.375 e. The predicted molar refractivity (Wildman–Crippen MR) is 62.7 cm³/mol. The average molecular weight is 312 g/mol. The van der Waals surface area contributed by atoms with Crippen LogP contribution >= 0.6 is 15.9 Å². The molecular formula is C11H13BrF3NO. The first-order valence-electron chi connectivity index (χ1n) is 5.07. The summed E-state index contributed by atoms with van der Waals surface area (Å²) in [5.41, 5.74) is 0.975. The summed E-state index contributed by atoms with van der Waals surface area (Å²) in [6.07, 6.45) is -4.16. The van der Waals surface area contributed by atoms with Crippen molar-refractivity contribution in [3.8, 4) is 0 Å². The van der Waals surface area contributed by atoms with E-state index in [2.05, 4.69) is 21.2 Å². The monoisotopic (exact) mass is 311 g/mol. The van der Waals surface area contributed by atoms with Crippen LogP contribution in [0.15, 0.2) is 28.7 Å². The third kappa shape index (κ3) is 6.65. The van der Waals surface area contributed by atoms with Crippen LogP contribution in [0.2, 0.25) is 0 Å². The minimum absolute atomic E-state index is 0.184. The summed E-state index contributed by atoms with van der Waals surface area (Å²) in [6, 6.07) is 7.55. The molecule has 1 aromatic carbocycles. The van der Waals surface area contributed by atoms with Crippen LogP contribution in [0, 0.1) is 0 Å². The first-order valence-corrected chi connectivity index (χ1v) is 5.87. The maximum absolute atomic E-state index is 11.8. The molecule has 1 rings (SSSR count). The van der Waals surface area contributed by atoms with Gasteiger partial charge in [0.2, 0.25) is 0 Å². The second-order valence-corrected chi connectivity index (χ2v) is 4.29. The Balaban J connectivity index is 2.11. The lowest BCUT2D eigenvalue weighted by molar-refractivity contribution is -0.125. The molecule has 0 unspecified atom stereocenters. The molecule has 0 fully saturated rings. The van der Waals surface area contributed by atoms with Gasteiger partial charge in [0.25, 0.3) is 0 Å². The lowest BCUT2D eigenvalue weighted by Gasteiger charge is -2.09. The quantitative estimate of drug-likeness (QED) is 0.815. The summed E-state index contributed by atoms with van der Waals surface area (Å²) < 4.78 is 41.5. The minimum atomic E-state index is -4.16. The summed E-state index contributed by atoms with van der Waals surface area (Å²) in [5, 5.41) is 2.26. The van der Waals surface area contributed by atoms with Crippen LogP contribution < -0.4 is 5.32 Å². The highest BCUT2D eigenvalue weighted by Gasteiger charge is 2.25. The topological polar surface area (TPSA) is 21.3 Å². The van der Waals surface area contributed by atoms with Gasteiger partial charge < -0.3 is 10.1 Å². The number of benzene rings is 1. The molecule has 0 saturated heterocycles. The Morgan fingerprint density at radius 2 is 1.94 bits per heavy atom. The summed E-state index contributed by atoms with van der Waals surface area (Å²) >= 11 is 3.36. The van der Waals surface area contributed by atoms with Crippen molar-refractivity contribution in [3.63, 3.8) is 0 Å². The van der Waals surface area contributed by atoms with Gasteiger partial charge in [-0.25, -0.2) is 0 Å². The molecule has 0 saturated carbocycles. The molecule has 0 aliphatic rings. The number of nitrogens with one attached hydrogen (secondary N) is 1. The maximum atomic E-state index is 11.8. The zero-order valence-corrected chi connectivity index (χ0v) is 10.6. The molecule has 0 aromatic heterocycles. The van der Waals surface area contributed by atoms with Crippen molar-refractivity contribution in [2.45, 2.75) is 12.8 Å². The molecule has 0 aliphatic heterocycles. The van der Waals surface area contributed by atoms with Crippen LogP contribution in [0.25, 0.3) is 0 Å². The smallest absolute Gasteiger partial charge is 0.375 e. The van der Waals surface area contributed by atoms with E-state index in [0.29, 0.717) is 6.61 Å². The van der Waals surface area contributed by atoms with Crippen LogP contribution in [0.1, 0.15) is 5.56 Å². The number of halogens is 4. The summed E-state index contributed by atoms with van der Waals surface area (Å²) in [5.74, 6) is 0. The van der Waals surface area contributed by atoms with Gasteiger partial charge in [-0.2, -0.15) is 13.2 Å². The van der Waals surface area contributed by atoms with Gasteiger partial charge in [0.1, 0.15) is 0 Å². The van der Waals surface area contributed by atoms with Crippen molar-refractivity contribution in [1.29, 1.82) is 0 Å². The van der Waals surface area contributed by atoms with E-state index in [0.717, 1.165) is 10.0 Å². The molecule has 6 heteroatoms. The molecule has 0 spiro atoms. The largest absolute Gasteiger partial charge is 0.401 e. The molecular weight excluding hydrogens is 299 g/mol. The fourth-order valence-corrected chi connectivity index (χ4v) is 1.57. The highest BCUT2D eigenvalue weighted by atomic mass is 79.9. The Morgan fingerprint density at radius 3 is 2.59 bits per heavy atom. The number of rotatable bonds is 6. The second kappa shape index (κ2) is 6.98. The molecule has 1 aromatic rings. The fraction of sp³-hybridized carbons (Fsp3) is 0.455. The molecule has 0 amide bonds. The third-order valence-corrected chi connectivity index (χ3v) is 2.74. The van der Waals surface area contributed by atoms with E-state index >= 15 is 0 Å². The van der Waals surface area contributed by atoms with E-state index in [1.165, 1.54) is 0 Å². The average Bonchev–Trinajstić information content (AvgIpc) is 2.24. The van der Waals surface area contributed by atoms with Crippen molar-refractivity contribution < 1.29 is 17.9 Å². The highest BCUT2D eigenvalue weighted by Crippen LogP contribution is 2.16. The van der Waals surface area contributed by atoms with Gasteiger partial charge in [-0.15, -0.1) is 0 Å². The molecule has 0 bridgehead atoms. The molecule has 96 valence electrons. The van der Waals surface area contributed by atoms with Crippen LogP contribution in [-0.4, -0.2) is 25.9 Å². The lowest BCUT2D eigenvalue weighted by Crippen LogP contribution is -2.31. The SMILES string of the molecule is FC(F)(F)CNCCOCc1ccccc1Br. The Kier molecular flexibility index (Phi) is 5.94. The lowest BCUT2D eigenvalue weighted by atomic mass is 10.2. The zero-order chi connectivity index (χ0) is 12.7. The van der Waals surface area contributed by atoms with Gasteiger partial charge in [-0.3, -0.25) is 0 Å². The van der Waals surface area contributed by atoms with Crippen LogP contribution in [0.3, 0.4) is 0 Å². The van der Waals surface area contributed by atoms with Crippen LogP contribution in [-0.2, 0) is 11.3 Å². The molecule has 0 heterocycles. The zero-order valence-electron chi connectivity index (χ0n) is 9.06. The van der Waals surface area contributed by atoms with E-state index in [1.54, 1.807) is 0 Å². The molecule has 1 N–H and O–H groups in total. The molecule has 17 heavy (non-hydrogen) atoms. The van der Waals surface area contributed by atoms with Crippen molar-refractivity contribution in [2.75, 3.05) is 19.7 Å². The summed E-state index contributed by atoms with van der Waals surface area (Å²) in [4.78, 5) is 0. The standard InChI is InChI=1S/C11H13BrF3NO/c12-10-4-2-1-3-9(10)7-17-6-5-16-8-11(13,14)15/h1-4,16H,5-8H2. The van der Waals surface area contributed by atoms with Crippen molar-refractivity contribution in [3.05, 3.63) is 34.3 Å². The van der Waals surface area contributed by atoms with Gasteiger partial charge in [-0.1, -0.05) is 34.1 Å². The van der Waals surface area contributed by atoms with Crippen molar-refractivity contribution >= 4 is 15.9 Å². The van der Waals surface area contributed by atoms with Crippen molar-refractivity contribution in [2.24, 2.45) is 0 Å². The normalized spacial score (nSPS) is 11.8.